The van der Waals surface area contributed by atoms with E-state index in [0.29, 0.717) is 0 Å². The van der Waals surface area contributed by atoms with Crippen molar-refractivity contribution < 1.29 is 23.1 Å². The Balaban J connectivity index is 2.75. The van der Waals surface area contributed by atoms with Crippen LogP contribution in [0.2, 0.25) is 0 Å². The fourth-order valence-corrected chi connectivity index (χ4v) is 2.45. The third-order valence-corrected chi connectivity index (χ3v) is 3.65. The van der Waals surface area contributed by atoms with Gasteiger partial charge in [-0.2, -0.15) is 0 Å². The number of aromatic carboxylic acids is 1. The minimum atomic E-state index is -3.82. The minimum absolute atomic E-state index is 0.0349. The molecule has 0 aromatic carbocycles. The zero-order valence-electron chi connectivity index (χ0n) is 10.1. The number of carboxylic acid groups (broad SMARTS) is 1. The van der Waals surface area contributed by atoms with Crippen molar-refractivity contribution >= 4 is 22.0 Å². The van der Waals surface area contributed by atoms with E-state index in [4.69, 9.17) is 10.8 Å². The molecule has 0 unspecified atom stereocenters. The minimum Gasteiger partial charge on any atom is -0.477 e. The lowest BCUT2D eigenvalue weighted by Crippen LogP contribution is -2.37. The fourth-order valence-electron chi connectivity index (χ4n) is 1.35. The summed E-state index contributed by atoms with van der Waals surface area (Å²) in [7, 11) is -2.39. The summed E-state index contributed by atoms with van der Waals surface area (Å²) in [5.41, 5.74) is 4.67. The third kappa shape index (κ3) is 3.96. The Labute approximate surface area is 109 Å². The molecule has 0 atom stereocenters. The maximum absolute atomic E-state index is 11.8. The summed E-state index contributed by atoms with van der Waals surface area (Å²) >= 11 is 0. The van der Waals surface area contributed by atoms with Crippen molar-refractivity contribution in [3.8, 4) is 0 Å². The first-order valence-corrected chi connectivity index (χ1v) is 6.65. The highest BCUT2D eigenvalue weighted by Crippen LogP contribution is 2.12. The summed E-state index contributed by atoms with van der Waals surface area (Å²) in [5, 5.41) is 11.0. The lowest BCUT2D eigenvalue weighted by molar-refractivity contribution is 0.0686. The number of aromatic nitrogens is 1. The van der Waals surface area contributed by atoms with Gasteiger partial charge in [0.2, 0.25) is 10.0 Å². The van der Waals surface area contributed by atoms with E-state index in [1.54, 1.807) is 0 Å². The number of nitrogens with two attached hydrogens (primary N) is 1. The van der Waals surface area contributed by atoms with E-state index in [1.165, 1.54) is 17.8 Å². The molecule has 19 heavy (non-hydrogen) atoms. The Bertz CT molecular complexity index is 592. The highest BCUT2D eigenvalue weighted by Gasteiger charge is 2.19. The van der Waals surface area contributed by atoms with Crippen LogP contribution < -0.4 is 15.8 Å². The van der Waals surface area contributed by atoms with Crippen LogP contribution in [-0.2, 0) is 17.1 Å². The van der Waals surface area contributed by atoms with E-state index < -0.39 is 22.0 Å². The standard InChI is InChI=1S/C9H14N4O5S/c1-13-5-6(4-7(13)8(14)15)19(17,18)12-3-2-11-9(10)16/h4-5,12H,2-3H2,1H3,(H,14,15)(H3,10,11,16). The first kappa shape index (κ1) is 15.0. The molecule has 9 nitrogen and oxygen atoms in total. The van der Waals surface area contributed by atoms with E-state index in [-0.39, 0.29) is 23.7 Å². The van der Waals surface area contributed by atoms with Gasteiger partial charge in [-0.3, -0.25) is 0 Å². The van der Waals surface area contributed by atoms with Crippen LogP contribution in [0, 0.1) is 0 Å². The molecule has 1 aromatic heterocycles. The Hall–Kier alpha value is -2.07. The molecule has 0 saturated heterocycles. The molecule has 0 fully saturated rings. The summed E-state index contributed by atoms with van der Waals surface area (Å²) in [5.74, 6) is -1.22. The van der Waals surface area contributed by atoms with Crippen LogP contribution in [0.3, 0.4) is 0 Å². The first-order chi connectivity index (χ1) is 8.74. The highest BCUT2D eigenvalue weighted by atomic mass is 32.2. The number of hydrogen-bond donors (Lipinski definition) is 4. The maximum Gasteiger partial charge on any atom is 0.352 e. The number of hydrogen-bond acceptors (Lipinski definition) is 4. The SMILES string of the molecule is Cn1cc(S(=O)(=O)NCCNC(N)=O)cc1C(=O)O. The van der Waals surface area contributed by atoms with Gasteiger partial charge in [0.1, 0.15) is 10.6 Å². The number of nitrogens with one attached hydrogen (secondary N) is 2. The Morgan fingerprint density at radius 3 is 2.53 bits per heavy atom. The zero-order chi connectivity index (χ0) is 14.6. The molecule has 0 saturated carbocycles. The second kappa shape index (κ2) is 5.71. The lowest BCUT2D eigenvalue weighted by atomic mass is 10.4. The molecule has 5 N–H and O–H groups in total. The van der Waals surface area contributed by atoms with Gasteiger partial charge in [0, 0.05) is 26.3 Å². The van der Waals surface area contributed by atoms with Crippen molar-refractivity contribution in [1.29, 1.82) is 0 Å². The van der Waals surface area contributed by atoms with Gasteiger partial charge < -0.3 is 20.7 Å². The van der Waals surface area contributed by atoms with Crippen LogP contribution in [0.5, 0.6) is 0 Å². The summed E-state index contributed by atoms with van der Waals surface area (Å²) in [6, 6.07) is 0.290. The van der Waals surface area contributed by atoms with Crippen molar-refractivity contribution in [3.63, 3.8) is 0 Å². The smallest absolute Gasteiger partial charge is 0.352 e. The van der Waals surface area contributed by atoms with Crippen LogP contribution in [-0.4, -0.2) is 43.2 Å². The monoisotopic (exact) mass is 290 g/mol. The lowest BCUT2D eigenvalue weighted by Gasteiger charge is -2.04. The van der Waals surface area contributed by atoms with Crippen molar-refractivity contribution in [1.82, 2.24) is 14.6 Å². The second-order valence-corrected chi connectivity index (χ2v) is 5.43. The molecule has 0 aliphatic heterocycles. The zero-order valence-corrected chi connectivity index (χ0v) is 10.9. The Morgan fingerprint density at radius 2 is 2.05 bits per heavy atom. The number of sulfonamides is 1. The number of aryl methyl sites for hydroxylation is 1. The van der Waals surface area contributed by atoms with Gasteiger partial charge in [-0.05, 0) is 6.07 Å². The molecule has 1 rings (SSSR count). The molecular weight excluding hydrogens is 276 g/mol. The van der Waals surface area contributed by atoms with Gasteiger partial charge in [-0.15, -0.1) is 0 Å². The van der Waals surface area contributed by atoms with Crippen LogP contribution in [0.15, 0.2) is 17.2 Å². The summed E-state index contributed by atoms with van der Waals surface area (Å²) in [4.78, 5) is 21.0. The Morgan fingerprint density at radius 1 is 1.42 bits per heavy atom. The quantitative estimate of drug-likeness (QED) is 0.480. The molecule has 10 heteroatoms. The molecule has 2 amide bonds. The van der Waals surface area contributed by atoms with Crippen LogP contribution >= 0.6 is 0 Å². The number of carbonyl (C=O) groups is 2. The normalized spacial score (nSPS) is 11.2. The van der Waals surface area contributed by atoms with E-state index in [1.807, 2.05) is 0 Å². The number of carboxylic acids is 1. The molecule has 106 valence electrons. The number of rotatable bonds is 6. The van der Waals surface area contributed by atoms with Gasteiger partial charge in [0.15, 0.2) is 0 Å². The molecular formula is C9H14N4O5S. The van der Waals surface area contributed by atoms with Gasteiger partial charge in [0.05, 0.1) is 0 Å². The molecule has 0 bridgehead atoms. The molecule has 0 aliphatic rings. The molecule has 0 spiro atoms. The summed E-state index contributed by atoms with van der Waals surface area (Å²) in [6.45, 7) is -0.0181. The van der Waals surface area contributed by atoms with E-state index in [9.17, 15) is 18.0 Å². The number of amides is 2. The third-order valence-electron chi connectivity index (χ3n) is 2.23. The number of urea groups is 1. The van der Waals surface area contributed by atoms with Gasteiger partial charge in [0.25, 0.3) is 0 Å². The van der Waals surface area contributed by atoms with Gasteiger partial charge in [-0.25, -0.2) is 22.7 Å². The molecule has 1 aromatic rings. The van der Waals surface area contributed by atoms with E-state index >= 15 is 0 Å². The summed E-state index contributed by atoms with van der Waals surface area (Å²) < 4.78 is 27.0. The fraction of sp³-hybridized carbons (Fsp3) is 0.333. The van der Waals surface area contributed by atoms with Crippen molar-refractivity contribution in [2.45, 2.75) is 4.90 Å². The van der Waals surface area contributed by atoms with E-state index in [0.717, 1.165) is 6.07 Å². The topological polar surface area (TPSA) is 144 Å². The first-order valence-electron chi connectivity index (χ1n) is 5.16. The Kier molecular flexibility index (Phi) is 4.51. The van der Waals surface area contributed by atoms with Crippen molar-refractivity contribution in [2.75, 3.05) is 13.1 Å². The number of nitrogens with zero attached hydrogens (tertiary/aromatic N) is 1. The van der Waals surface area contributed by atoms with Crippen LogP contribution in [0.4, 0.5) is 4.79 Å². The number of carbonyl (C=O) groups excluding carboxylic acids is 1. The second-order valence-electron chi connectivity index (χ2n) is 3.67. The molecule has 0 radical (unpaired) electrons. The highest BCUT2D eigenvalue weighted by molar-refractivity contribution is 7.89. The van der Waals surface area contributed by atoms with Crippen molar-refractivity contribution in [3.05, 3.63) is 18.0 Å². The van der Waals surface area contributed by atoms with E-state index in [2.05, 4.69) is 10.0 Å². The van der Waals surface area contributed by atoms with Gasteiger partial charge in [-0.1, -0.05) is 0 Å². The predicted molar refractivity (Wildman–Crippen MR) is 65.1 cm³/mol. The largest absolute Gasteiger partial charge is 0.477 e. The van der Waals surface area contributed by atoms with Crippen molar-refractivity contribution in [2.24, 2.45) is 12.8 Å². The maximum atomic E-state index is 11.8. The predicted octanol–water partition coefficient (Wildman–Crippen LogP) is -1.33. The molecule has 1 heterocycles. The number of primary amides is 1. The summed E-state index contributed by atoms with van der Waals surface area (Å²) in [6.07, 6.45) is 1.19. The molecule has 0 aliphatic carbocycles. The average molecular weight is 290 g/mol. The van der Waals surface area contributed by atoms with Crippen LogP contribution in [0.1, 0.15) is 10.5 Å². The van der Waals surface area contributed by atoms with Crippen LogP contribution in [0.25, 0.3) is 0 Å². The van der Waals surface area contributed by atoms with Gasteiger partial charge >= 0.3 is 12.0 Å². The average Bonchev–Trinajstić information content (AvgIpc) is 2.67.